The van der Waals surface area contributed by atoms with E-state index < -0.39 is 65.5 Å². The molecule has 0 aliphatic carbocycles. The van der Waals surface area contributed by atoms with Gasteiger partial charge >= 0.3 is 6.18 Å². The molecule has 3 rings (SSSR count). The zero-order valence-corrected chi connectivity index (χ0v) is 28.5. The highest BCUT2D eigenvalue weighted by Crippen LogP contribution is 2.29. The average Bonchev–Trinajstić information content (AvgIpc) is 3.01. The van der Waals surface area contributed by atoms with Crippen LogP contribution in [-0.2, 0) is 19.6 Å². The molecule has 0 saturated carbocycles. The maximum atomic E-state index is 14.2. The van der Waals surface area contributed by atoms with Gasteiger partial charge in [-0.05, 0) is 75.6 Å². The first-order chi connectivity index (χ1) is 22.0. The van der Waals surface area contributed by atoms with Gasteiger partial charge in [0, 0.05) is 49.8 Å². The van der Waals surface area contributed by atoms with Gasteiger partial charge < -0.3 is 24.8 Å². The van der Waals surface area contributed by atoms with E-state index in [0.717, 1.165) is 0 Å². The van der Waals surface area contributed by atoms with Gasteiger partial charge in [0.15, 0.2) is 0 Å². The highest BCUT2D eigenvalue weighted by Gasteiger charge is 2.33. The minimum absolute atomic E-state index is 0.0220. The Morgan fingerprint density at radius 2 is 1.85 bits per heavy atom. The van der Waals surface area contributed by atoms with Crippen LogP contribution in [0.15, 0.2) is 47.4 Å². The van der Waals surface area contributed by atoms with E-state index in [1.807, 2.05) is 13.8 Å². The molecule has 1 heterocycles. The molecule has 1 aliphatic rings. The number of halogens is 4. The summed E-state index contributed by atoms with van der Waals surface area (Å²) in [6.07, 6.45) is -5.55. The zero-order valence-electron chi connectivity index (χ0n) is 26.9. The average molecular weight is 706 g/mol. The lowest BCUT2D eigenvalue weighted by Crippen LogP contribution is -2.48. The van der Waals surface area contributed by atoms with Crippen LogP contribution in [0.5, 0.6) is 5.75 Å². The Bertz CT molecular complexity index is 1460. The molecule has 2 N–H and O–H groups in total. The number of sulfonamides is 1. The number of amides is 2. The summed E-state index contributed by atoms with van der Waals surface area (Å²) in [6, 6.07) is 9.43. The number of aliphatic hydroxyl groups is 1. The van der Waals surface area contributed by atoms with Crippen LogP contribution in [0.2, 0.25) is 5.02 Å². The van der Waals surface area contributed by atoms with Crippen LogP contribution < -0.4 is 10.1 Å². The molecule has 0 fully saturated rings. The van der Waals surface area contributed by atoms with E-state index >= 15 is 0 Å². The molecule has 0 saturated heterocycles. The molecule has 0 aromatic heterocycles. The van der Waals surface area contributed by atoms with E-state index in [4.69, 9.17) is 21.1 Å². The molecule has 10 nitrogen and oxygen atoms in total. The van der Waals surface area contributed by atoms with Gasteiger partial charge in [-0.3, -0.25) is 9.59 Å². The minimum atomic E-state index is -4.50. The van der Waals surface area contributed by atoms with Crippen LogP contribution in [0.3, 0.4) is 0 Å². The maximum absolute atomic E-state index is 14.2. The maximum Gasteiger partial charge on any atom is 0.389 e. The fourth-order valence-corrected chi connectivity index (χ4v) is 6.39. The lowest BCUT2D eigenvalue weighted by molar-refractivity contribution is -0.142. The highest BCUT2D eigenvalue weighted by atomic mass is 35.5. The first-order valence-electron chi connectivity index (χ1n) is 15.4. The van der Waals surface area contributed by atoms with Gasteiger partial charge in [-0.25, -0.2) is 8.42 Å². The third-order valence-corrected chi connectivity index (χ3v) is 10.0. The SMILES string of the molecule is C[C@@H]1CCCCO[C@H](CN(C)S(=O)(=O)c2ccc(Cl)cc2)[C@@H](C)CN([C@H](C)CO)C(=O)c2cc(NC(=O)CCC(F)(F)F)ccc2O1. The number of rotatable bonds is 9. The summed E-state index contributed by atoms with van der Waals surface area (Å²) in [5, 5.41) is 12.9. The van der Waals surface area contributed by atoms with E-state index in [0.29, 0.717) is 30.9 Å². The Balaban J connectivity index is 1.94. The minimum Gasteiger partial charge on any atom is -0.490 e. The molecule has 15 heteroatoms. The number of fused-ring (bicyclic) bond motifs is 1. The Morgan fingerprint density at radius 3 is 2.49 bits per heavy atom. The molecule has 2 aromatic carbocycles. The third-order valence-electron chi connectivity index (χ3n) is 7.93. The molecular weight excluding hydrogens is 663 g/mol. The van der Waals surface area contributed by atoms with Gasteiger partial charge in [-0.1, -0.05) is 18.5 Å². The van der Waals surface area contributed by atoms with E-state index in [1.54, 1.807) is 6.92 Å². The smallest absolute Gasteiger partial charge is 0.389 e. The number of likely N-dealkylation sites (N-methyl/N-ethyl adjacent to an activating group) is 1. The summed E-state index contributed by atoms with van der Waals surface area (Å²) >= 11 is 5.94. The summed E-state index contributed by atoms with van der Waals surface area (Å²) in [5.41, 5.74) is 0.163. The lowest BCUT2D eigenvalue weighted by Gasteiger charge is -2.35. The van der Waals surface area contributed by atoms with Crippen LogP contribution in [0.1, 0.15) is 63.2 Å². The summed E-state index contributed by atoms with van der Waals surface area (Å²) in [6.45, 7) is 5.28. The number of aliphatic hydroxyl groups excluding tert-OH is 1. The molecule has 47 heavy (non-hydrogen) atoms. The fraction of sp³-hybridized carbons (Fsp3) is 0.562. The van der Waals surface area contributed by atoms with Gasteiger partial charge in [0.1, 0.15) is 5.75 Å². The number of carbonyl (C=O) groups excluding carboxylic acids is 2. The van der Waals surface area contributed by atoms with Crippen molar-refractivity contribution in [2.75, 3.05) is 38.7 Å². The van der Waals surface area contributed by atoms with Crippen LogP contribution >= 0.6 is 11.6 Å². The number of hydrogen-bond acceptors (Lipinski definition) is 7. The Morgan fingerprint density at radius 1 is 1.17 bits per heavy atom. The standard InChI is InChI=1S/C32H43ClF3N3O7S/c1-21-18-39(22(2)20-40)31(42)27-17-25(37-30(41)14-15-32(34,35)36)10-13-28(27)46-23(3)7-5-6-16-45-29(21)19-38(4)47(43,44)26-11-8-24(33)9-12-26/h8-13,17,21-23,29,40H,5-7,14-16,18-20H2,1-4H3,(H,37,41)/t21-,22+,23+,29+/m0/s1. The zero-order chi connectivity index (χ0) is 34.9. The molecule has 262 valence electrons. The second kappa shape index (κ2) is 17.0. The molecule has 1 aliphatic heterocycles. The Labute approximate surface area is 279 Å². The number of ether oxygens (including phenoxy) is 2. The van der Waals surface area contributed by atoms with Crippen molar-refractivity contribution < 1.29 is 45.8 Å². The van der Waals surface area contributed by atoms with Crippen molar-refractivity contribution in [2.24, 2.45) is 5.92 Å². The van der Waals surface area contributed by atoms with Crippen molar-refractivity contribution in [3.05, 3.63) is 53.1 Å². The van der Waals surface area contributed by atoms with Crippen LogP contribution in [0, 0.1) is 5.92 Å². The Kier molecular flexibility index (Phi) is 13.9. The van der Waals surface area contributed by atoms with Gasteiger partial charge in [-0.2, -0.15) is 17.5 Å². The van der Waals surface area contributed by atoms with Crippen LogP contribution in [0.25, 0.3) is 0 Å². The quantitative estimate of drug-likeness (QED) is 0.341. The summed E-state index contributed by atoms with van der Waals surface area (Å²) in [7, 11) is -2.45. The molecule has 4 atom stereocenters. The van der Waals surface area contributed by atoms with Gasteiger partial charge in [0.2, 0.25) is 15.9 Å². The first kappa shape index (κ1) is 38.5. The molecular formula is C32H43ClF3N3O7S. The first-order valence-corrected chi connectivity index (χ1v) is 17.3. The predicted octanol–water partition coefficient (Wildman–Crippen LogP) is 5.74. The van der Waals surface area contributed by atoms with Gasteiger partial charge in [-0.15, -0.1) is 0 Å². The molecule has 0 bridgehead atoms. The van der Waals surface area contributed by atoms with Crippen LogP contribution in [-0.4, -0.2) is 92.3 Å². The summed E-state index contributed by atoms with van der Waals surface area (Å²) in [5.74, 6) is -1.62. The van der Waals surface area contributed by atoms with Crippen molar-refractivity contribution in [1.29, 1.82) is 0 Å². The van der Waals surface area contributed by atoms with Gasteiger partial charge in [0.05, 0.1) is 41.7 Å². The third kappa shape index (κ3) is 11.3. The number of carbonyl (C=O) groups is 2. The van der Waals surface area contributed by atoms with Gasteiger partial charge in [0.25, 0.3) is 5.91 Å². The number of benzene rings is 2. The normalized spacial score (nSPS) is 21.0. The molecule has 2 aromatic rings. The monoisotopic (exact) mass is 705 g/mol. The van der Waals surface area contributed by atoms with Crippen molar-refractivity contribution >= 4 is 39.1 Å². The molecule has 0 unspecified atom stereocenters. The number of anilines is 1. The largest absolute Gasteiger partial charge is 0.490 e. The van der Waals surface area contributed by atoms with E-state index in [-0.39, 0.29) is 41.1 Å². The molecule has 2 amide bonds. The van der Waals surface area contributed by atoms with E-state index in [9.17, 15) is 36.3 Å². The lowest BCUT2D eigenvalue weighted by atomic mass is 10.0. The second-order valence-electron chi connectivity index (χ2n) is 11.9. The fourth-order valence-electron chi connectivity index (χ4n) is 5.08. The topological polar surface area (TPSA) is 125 Å². The highest BCUT2D eigenvalue weighted by molar-refractivity contribution is 7.89. The number of nitrogens with zero attached hydrogens (tertiary/aromatic N) is 2. The number of alkyl halides is 3. The molecule has 0 spiro atoms. The summed E-state index contributed by atoms with van der Waals surface area (Å²) in [4.78, 5) is 27.9. The van der Waals surface area contributed by atoms with Crippen molar-refractivity contribution in [2.45, 2.75) is 82.2 Å². The summed E-state index contributed by atoms with van der Waals surface area (Å²) < 4.78 is 78.2. The van der Waals surface area contributed by atoms with Crippen molar-refractivity contribution in [3.63, 3.8) is 0 Å². The number of hydrogen-bond donors (Lipinski definition) is 2. The van der Waals surface area contributed by atoms with E-state index in [1.165, 1.54) is 58.7 Å². The Hall–Kier alpha value is -2.91. The number of nitrogens with one attached hydrogen (secondary N) is 1. The molecule has 0 radical (unpaired) electrons. The van der Waals surface area contributed by atoms with Crippen LogP contribution in [0.4, 0.5) is 18.9 Å². The van der Waals surface area contributed by atoms with Crippen molar-refractivity contribution in [1.82, 2.24) is 9.21 Å². The van der Waals surface area contributed by atoms with Crippen molar-refractivity contribution in [3.8, 4) is 5.75 Å². The second-order valence-corrected chi connectivity index (χ2v) is 14.4. The predicted molar refractivity (Wildman–Crippen MR) is 172 cm³/mol. The van der Waals surface area contributed by atoms with E-state index in [2.05, 4.69) is 5.32 Å².